The molecule has 6 N–H and O–H groups in total. The number of benzene rings is 1. The van der Waals surface area contributed by atoms with E-state index >= 15 is 0 Å². The molecule has 3 fully saturated rings. The first kappa shape index (κ1) is 32.5. The average molecular weight is 650 g/mol. The minimum Gasteiger partial charge on any atom is -0.449 e. The second-order valence-electron chi connectivity index (χ2n) is 13.7. The Bertz CT molecular complexity index is 1620. The number of esters is 1. The Hall–Kier alpha value is -3.48. The highest BCUT2D eigenvalue weighted by Crippen LogP contribution is 2.68. The molecule has 7 atom stereocenters. The maximum Gasteiger partial charge on any atom is 0.306 e. The van der Waals surface area contributed by atoms with Crippen LogP contribution in [-0.4, -0.2) is 61.9 Å². The third-order valence-corrected chi connectivity index (χ3v) is 12.2. The fraction of sp³-hybridized carbons (Fsp3) is 0.559. The topological polar surface area (TPSA) is 180 Å². The summed E-state index contributed by atoms with van der Waals surface area (Å²) in [4.78, 5) is 50.1. The Balaban J connectivity index is 1.31. The second-order valence-corrected chi connectivity index (χ2v) is 14.7. The highest BCUT2D eigenvalue weighted by atomic mass is 32.2. The number of fused-ring (bicyclic) bond motifs is 6. The van der Waals surface area contributed by atoms with Gasteiger partial charge in [-0.1, -0.05) is 44.2 Å². The molecule has 2 aromatic rings. The molecule has 4 aliphatic rings. The molecule has 0 spiro atoms. The molecule has 46 heavy (non-hydrogen) atoms. The molecular formula is C34H43N5O6S. The fourth-order valence-corrected chi connectivity index (χ4v) is 10.2. The standard InChI is InChI=1S/C34H43N5O6S/c1-4-28(42)45-34(31(44)46-18-35)11-10-24-23-9-8-21-13-25-20(14-32(21,2)29(23)26(40)15-33(24,34)3)16-38-39(25)22-7-5-6-19(12-22)30(43)37-17-27(36)41/h5-7,12-13,16,23-24,26,29,40H,4,8-11,14-15,17-18,35H2,1-3H3,(H2,36,41)(H,37,43)/t23-,24-,26-,29+,32-,33-,34-/m0/s1. The number of amides is 2. The molecule has 2 amide bonds. The van der Waals surface area contributed by atoms with E-state index in [1.807, 2.05) is 23.9 Å². The lowest BCUT2D eigenvalue weighted by Crippen LogP contribution is -2.62. The summed E-state index contributed by atoms with van der Waals surface area (Å²) in [6.07, 6.45) is 7.50. The number of nitrogens with two attached hydrogens (primary N) is 2. The van der Waals surface area contributed by atoms with Crippen molar-refractivity contribution in [2.75, 3.05) is 12.4 Å². The van der Waals surface area contributed by atoms with Gasteiger partial charge in [-0.25, -0.2) is 4.68 Å². The highest BCUT2D eigenvalue weighted by Gasteiger charge is 2.70. The average Bonchev–Trinajstić information content (AvgIpc) is 3.56. The zero-order chi connectivity index (χ0) is 33.0. The van der Waals surface area contributed by atoms with Crippen LogP contribution in [0.25, 0.3) is 11.8 Å². The quantitative estimate of drug-likeness (QED) is 0.247. The van der Waals surface area contributed by atoms with Gasteiger partial charge in [0.15, 0.2) is 5.60 Å². The van der Waals surface area contributed by atoms with Crippen LogP contribution in [0.1, 0.15) is 80.9 Å². The van der Waals surface area contributed by atoms with E-state index in [9.17, 15) is 24.3 Å². The second kappa shape index (κ2) is 12.0. The zero-order valence-electron chi connectivity index (χ0n) is 26.6. The number of nitrogens with zero attached hydrogens (tertiary/aromatic N) is 2. The van der Waals surface area contributed by atoms with Crippen molar-refractivity contribution in [1.82, 2.24) is 15.1 Å². The summed E-state index contributed by atoms with van der Waals surface area (Å²) in [6, 6.07) is 7.07. The minimum atomic E-state index is -1.30. The van der Waals surface area contributed by atoms with Crippen LogP contribution in [0.15, 0.2) is 36.0 Å². The predicted octanol–water partition coefficient (Wildman–Crippen LogP) is 3.11. The monoisotopic (exact) mass is 649 g/mol. The SMILES string of the molecule is CCC(=O)O[C@]1(C(=O)SCN)CC[C@H]2[C@@H]3CCC4=Cc5c(cnn5-c5cccc(C(=O)NCC(N)=O)c5)C[C@]4(C)[C@H]3[C@@H](O)C[C@@]21C. The Morgan fingerprint density at radius 3 is 2.72 bits per heavy atom. The van der Waals surface area contributed by atoms with E-state index < -0.39 is 34.9 Å². The smallest absolute Gasteiger partial charge is 0.306 e. The van der Waals surface area contributed by atoms with E-state index in [2.05, 4.69) is 18.3 Å². The van der Waals surface area contributed by atoms with Gasteiger partial charge in [-0.3, -0.25) is 19.2 Å². The predicted molar refractivity (Wildman–Crippen MR) is 173 cm³/mol. The number of rotatable bonds is 8. The number of aliphatic hydroxyl groups excluding tert-OH is 1. The van der Waals surface area contributed by atoms with Gasteiger partial charge < -0.3 is 26.6 Å². The third kappa shape index (κ3) is 5.00. The number of nitrogens with one attached hydrogen (secondary N) is 1. The summed E-state index contributed by atoms with van der Waals surface area (Å²) in [5.74, 6) is -1.08. The van der Waals surface area contributed by atoms with Crippen LogP contribution in [0.4, 0.5) is 0 Å². The van der Waals surface area contributed by atoms with Crippen LogP contribution >= 0.6 is 11.8 Å². The lowest BCUT2D eigenvalue weighted by molar-refractivity contribution is -0.196. The van der Waals surface area contributed by atoms with Crippen molar-refractivity contribution < 1.29 is 29.0 Å². The molecule has 0 aliphatic heterocycles. The summed E-state index contributed by atoms with van der Waals surface area (Å²) < 4.78 is 7.92. The van der Waals surface area contributed by atoms with Crippen molar-refractivity contribution in [3.63, 3.8) is 0 Å². The normalized spacial score (nSPS) is 32.7. The fourth-order valence-electron chi connectivity index (χ4n) is 9.43. The van der Waals surface area contributed by atoms with E-state index in [1.165, 1.54) is 5.57 Å². The molecule has 11 nitrogen and oxygen atoms in total. The Kier molecular flexibility index (Phi) is 8.43. The third-order valence-electron chi connectivity index (χ3n) is 11.4. The number of primary amides is 1. The minimum absolute atomic E-state index is 0.0331. The van der Waals surface area contributed by atoms with E-state index in [0.29, 0.717) is 24.8 Å². The van der Waals surface area contributed by atoms with E-state index in [1.54, 1.807) is 25.1 Å². The van der Waals surface area contributed by atoms with E-state index in [-0.39, 0.29) is 47.1 Å². The van der Waals surface area contributed by atoms with Gasteiger partial charge in [0.25, 0.3) is 5.91 Å². The van der Waals surface area contributed by atoms with Crippen LogP contribution in [0.2, 0.25) is 0 Å². The Morgan fingerprint density at radius 1 is 1.22 bits per heavy atom. The molecule has 1 aromatic heterocycles. The van der Waals surface area contributed by atoms with Gasteiger partial charge in [0, 0.05) is 23.3 Å². The van der Waals surface area contributed by atoms with Crippen LogP contribution < -0.4 is 16.8 Å². The molecule has 4 aliphatic carbocycles. The van der Waals surface area contributed by atoms with Crippen molar-refractivity contribution in [3.8, 4) is 5.69 Å². The van der Waals surface area contributed by atoms with Crippen molar-refractivity contribution in [3.05, 3.63) is 52.9 Å². The molecular weight excluding hydrogens is 606 g/mol. The number of hydrogen-bond donors (Lipinski definition) is 4. The lowest BCUT2D eigenvalue weighted by atomic mass is 9.45. The summed E-state index contributed by atoms with van der Waals surface area (Å²) >= 11 is 1.00. The van der Waals surface area contributed by atoms with Gasteiger partial charge in [-0.2, -0.15) is 5.10 Å². The largest absolute Gasteiger partial charge is 0.449 e. The van der Waals surface area contributed by atoms with E-state index in [4.69, 9.17) is 21.3 Å². The molecule has 3 saturated carbocycles. The van der Waals surface area contributed by atoms with Crippen molar-refractivity contribution in [2.24, 2.45) is 40.1 Å². The van der Waals surface area contributed by atoms with Crippen LogP contribution in [-0.2, 0) is 25.5 Å². The van der Waals surface area contributed by atoms with Gasteiger partial charge in [0.2, 0.25) is 11.0 Å². The molecule has 12 heteroatoms. The van der Waals surface area contributed by atoms with Gasteiger partial charge in [0.1, 0.15) is 0 Å². The number of aliphatic hydroxyl groups is 1. The number of thioether (sulfide) groups is 1. The van der Waals surface area contributed by atoms with Gasteiger partial charge in [-0.15, -0.1) is 0 Å². The summed E-state index contributed by atoms with van der Waals surface area (Å²) in [5, 5.41) is 19.1. The maximum absolute atomic E-state index is 13.7. The van der Waals surface area contributed by atoms with Crippen molar-refractivity contribution in [2.45, 2.75) is 77.4 Å². The van der Waals surface area contributed by atoms with Gasteiger partial charge >= 0.3 is 5.97 Å². The Labute approximate surface area is 272 Å². The molecule has 6 rings (SSSR count). The molecule has 0 unspecified atom stereocenters. The number of carbonyl (C=O) groups is 4. The number of hydrogen-bond acceptors (Lipinski definition) is 9. The zero-order valence-corrected chi connectivity index (χ0v) is 27.4. The van der Waals surface area contributed by atoms with E-state index in [0.717, 1.165) is 48.0 Å². The molecule has 246 valence electrons. The van der Waals surface area contributed by atoms with Crippen LogP contribution in [0, 0.1) is 28.6 Å². The van der Waals surface area contributed by atoms with Gasteiger partial charge in [-0.05, 0) is 91.5 Å². The molecule has 1 heterocycles. The van der Waals surface area contributed by atoms with Crippen LogP contribution in [0.5, 0.6) is 0 Å². The Morgan fingerprint density at radius 2 is 2.00 bits per heavy atom. The first-order chi connectivity index (χ1) is 21.9. The lowest BCUT2D eigenvalue weighted by Gasteiger charge is -2.60. The van der Waals surface area contributed by atoms with Crippen molar-refractivity contribution in [1.29, 1.82) is 0 Å². The summed E-state index contributed by atoms with van der Waals surface area (Å²) in [7, 11) is 0. The number of aromatic nitrogens is 2. The summed E-state index contributed by atoms with van der Waals surface area (Å²) in [5.41, 5.74) is 13.0. The number of allylic oxidation sites excluding steroid dienone is 1. The number of carbonyl (C=O) groups excluding carboxylic acids is 4. The summed E-state index contributed by atoms with van der Waals surface area (Å²) in [6.45, 7) is 5.78. The molecule has 0 bridgehead atoms. The molecule has 1 aromatic carbocycles. The van der Waals surface area contributed by atoms with Crippen molar-refractivity contribution >= 4 is 40.7 Å². The number of ether oxygens (including phenoxy) is 1. The molecule has 0 saturated heterocycles. The molecule has 0 radical (unpaired) electrons. The van der Waals surface area contributed by atoms with Crippen LogP contribution in [0.3, 0.4) is 0 Å². The maximum atomic E-state index is 13.7. The first-order valence-electron chi connectivity index (χ1n) is 16.1. The van der Waals surface area contributed by atoms with Gasteiger partial charge in [0.05, 0.1) is 30.2 Å². The highest BCUT2D eigenvalue weighted by molar-refractivity contribution is 8.13. The first-order valence-corrected chi connectivity index (χ1v) is 17.1.